The van der Waals surface area contributed by atoms with Crippen molar-refractivity contribution in [3.8, 4) is 5.75 Å². The second kappa shape index (κ2) is 7.08. The zero-order valence-electron chi connectivity index (χ0n) is 10.6. The zero-order valence-corrected chi connectivity index (χ0v) is 12.2. The lowest BCUT2D eigenvalue weighted by Gasteiger charge is -2.09. The average molecular weight is 332 g/mol. The lowest BCUT2D eigenvalue weighted by molar-refractivity contribution is -0.386. The normalized spacial score (nSPS) is 10.1. The molecule has 0 heterocycles. The Bertz CT molecular complexity index is 489. The molecule has 7 heteroatoms. The van der Waals surface area contributed by atoms with Crippen LogP contribution < -0.4 is 4.74 Å². The van der Waals surface area contributed by atoms with Crippen LogP contribution in [0.2, 0.25) is 0 Å². The Morgan fingerprint density at radius 1 is 1.47 bits per heavy atom. The number of halogens is 1. The number of nitrogens with zero attached hydrogens (tertiary/aromatic N) is 1. The van der Waals surface area contributed by atoms with Crippen LogP contribution in [0, 0.1) is 17.0 Å². The van der Waals surface area contributed by atoms with Gasteiger partial charge >= 0.3 is 11.7 Å². The van der Waals surface area contributed by atoms with E-state index in [-0.39, 0.29) is 30.4 Å². The van der Waals surface area contributed by atoms with E-state index in [4.69, 9.17) is 9.47 Å². The summed E-state index contributed by atoms with van der Waals surface area (Å²) in [5, 5.41) is 10.9. The van der Waals surface area contributed by atoms with Crippen LogP contribution in [0.3, 0.4) is 0 Å². The van der Waals surface area contributed by atoms with Crippen molar-refractivity contribution in [1.82, 2.24) is 0 Å². The maximum Gasteiger partial charge on any atom is 0.312 e. The van der Waals surface area contributed by atoms with Gasteiger partial charge in [-0.2, -0.15) is 0 Å². The minimum atomic E-state index is -0.516. The van der Waals surface area contributed by atoms with Crippen LogP contribution in [0.1, 0.15) is 18.9 Å². The summed E-state index contributed by atoms with van der Waals surface area (Å²) >= 11 is 3.19. The van der Waals surface area contributed by atoms with E-state index in [1.165, 1.54) is 6.07 Å². The minimum Gasteiger partial charge on any atom is -0.486 e. The van der Waals surface area contributed by atoms with Crippen molar-refractivity contribution < 1.29 is 19.2 Å². The molecule has 19 heavy (non-hydrogen) atoms. The largest absolute Gasteiger partial charge is 0.486 e. The molecule has 1 aromatic carbocycles. The van der Waals surface area contributed by atoms with Crippen molar-refractivity contribution in [2.24, 2.45) is 0 Å². The molecule has 0 fully saturated rings. The highest BCUT2D eigenvalue weighted by Crippen LogP contribution is 2.34. The number of hydrogen-bond acceptors (Lipinski definition) is 5. The highest BCUT2D eigenvalue weighted by molar-refractivity contribution is 9.10. The Morgan fingerprint density at radius 2 is 2.16 bits per heavy atom. The molecule has 104 valence electrons. The van der Waals surface area contributed by atoms with Gasteiger partial charge < -0.3 is 9.47 Å². The molecule has 1 aromatic rings. The van der Waals surface area contributed by atoms with E-state index in [9.17, 15) is 14.9 Å². The first-order valence-electron chi connectivity index (χ1n) is 5.68. The van der Waals surface area contributed by atoms with Crippen LogP contribution in [0.5, 0.6) is 5.75 Å². The number of esters is 1. The van der Waals surface area contributed by atoms with Crippen LogP contribution >= 0.6 is 15.9 Å². The molecule has 1 rings (SSSR count). The number of benzene rings is 1. The molecule has 0 spiro atoms. The first-order valence-corrected chi connectivity index (χ1v) is 6.48. The standard InChI is InChI=1S/C12H14BrNO5/c1-3-18-11(15)4-5-19-12-8(2)6-9(13)7-10(12)14(16)17/h6-7H,3-5H2,1-2H3. The van der Waals surface area contributed by atoms with E-state index < -0.39 is 4.92 Å². The summed E-state index contributed by atoms with van der Waals surface area (Å²) in [5.41, 5.74) is 0.501. The summed E-state index contributed by atoms with van der Waals surface area (Å²) in [6.07, 6.45) is 0.0560. The fourth-order valence-electron chi connectivity index (χ4n) is 1.51. The summed E-state index contributed by atoms with van der Waals surface area (Å²) in [6, 6.07) is 3.08. The van der Waals surface area contributed by atoms with Gasteiger partial charge in [-0.3, -0.25) is 14.9 Å². The molecule has 0 aromatic heterocycles. The fraction of sp³-hybridized carbons (Fsp3) is 0.417. The topological polar surface area (TPSA) is 78.7 Å². The van der Waals surface area contributed by atoms with E-state index >= 15 is 0 Å². The van der Waals surface area contributed by atoms with Gasteiger partial charge in [0.2, 0.25) is 0 Å². The highest BCUT2D eigenvalue weighted by atomic mass is 79.9. The average Bonchev–Trinajstić information content (AvgIpc) is 2.31. The number of carbonyl (C=O) groups is 1. The molecule has 0 bridgehead atoms. The van der Waals surface area contributed by atoms with Gasteiger partial charge in [0.1, 0.15) is 0 Å². The van der Waals surface area contributed by atoms with Crippen LogP contribution in [-0.4, -0.2) is 24.1 Å². The Morgan fingerprint density at radius 3 is 2.74 bits per heavy atom. The molecule has 0 radical (unpaired) electrons. The Kier molecular flexibility index (Phi) is 5.75. The molecule has 0 N–H and O–H groups in total. The number of nitro groups is 1. The van der Waals surface area contributed by atoms with Crippen molar-refractivity contribution in [2.45, 2.75) is 20.3 Å². The first kappa shape index (κ1) is 15.4. The number of carbonyl (C=O) groups excluding carboxylic acids is 1. The maximum atomic E-state index is 11.1. The smallest absolute Gasteiger partial charge is 0.312 e. The molecule has 0 atom stereocenters. The summed E-state index contributed by atoms with van der Waals surface area (Å²) in [7, 11) is 0. The molecule has 0 saturated heterocycles. The predicted octanol–water partition coefficient (Wildman–Crippen LogP) is 3.00. The van der Waals surface area contributed by atoms with E-state index in [0.29, 0.717) is 16.6 Å². The van der Waals surface area contributed by atoms with E-state index in [0.717, 1.165) is 0 Å². The van der Waals surface area contributed by atoms with Crippen molar-refractivity contribution in [1.29, 1.82) is 0 Å². The molecule has 0 aliphatic heterocycles. The summed E-state index contributed by atoms with van der Waals surface area (Å²) in [5.74, 6) is -0.211. The molecular weight excluding hydrogens is 318 g/mol. The van der Waals surface area contributed by atoms with E-state index in [1.807, 2.05) is 0 Å². The zero-order chi connectivity index (χ0) is 14.4. The SMILES string of the molecule is CCOC(=O)CCOc1c(C)cc(Br)cc1[N+](=O)[O-]. The van der Waals surface area contributed by atoms with Crippen LogP contribution in [-0.2, 0) is 9.53 Å². The summed E-state index contributed by atoms with van der Waals surface area (Å²) in [4.78, 5) is 21.6. The lowest BCUT2D eigenvalue weighted by atomic mass is 10.2. The Labute approximate surface area is 119 Å². The molecule has 0 aliphatic rings. The van der Waals surface area contributed by atoms with E-state index in [1.54, 1.807) is 19.9 Å². The molecule has 0 amide bonds. The van der Waals surface area contributed by atoms with E-state index in [2.05, 4.69) is 15.9 Å². The van der Waals surface area contributed by atoms with Gasteiger partial charge in [-0.15, -0.1) is 0 Å². The van der Waals surface area contributed by atoms with Crippen LogP contribution in [0.4, 0.5) is 5.69 Å². The lowest BCUT2D eigenvalue weighted by Crippen LogP contribution is -2.10. The monoisotopic (exact) mass is 331 g/mol. The van der Waals surface area contributed by atoms with Gasteiger partial charge in [0, 0.05) is 10.5 Å². The van der Waals surface area contributed by atoms with Crippen LogP contribution in [0.15, 0.2) is 16.6 Å². The number of ether oxygens (including phenoxy) is 2. The second-order valence-corrected chi connectivity index (χ2v) is 4.65. The van der Waals surface area contributed by atoms with Gasteiger partial charge in [0.15, 0.2) is 5.75 Å². The first-order chi connectivity index (χ1) is 8.95. The van der Waals surface area contributed by atoms with Gasteiger partial charge in [-0.1, -0.05) is 15.9 Å². The number of rotatable bonds is 6. The van der Waals surface area contributed by atoms with Gasteiger partial charge in [-0.05, 0) is 25.5 Å². The molecule has 0 aliphatic carbocycles. The number of aryl methyl sites for hydroxylation is 1. The highest BCUT2D eigenvalue weighted by Gasteiger charge is 2.19. The fourth-order valence-corrected chi connectivity index (χ4v) is 2.07. The number of nitro benzene ring substituents is 1. The molecule has 0 unspecified atom stereocenters. The van der Waals surface area contributed by atoms with Crippen molar-refractivity contribution >= 4 is 27.6 Å². The summed E-state index contributed by atoms with van der Waals surface area (Å²) < 4.78 is 10.7. The molecule has 0 saturated carbocycles. The van der Waals surface area contributed by atoms with Crippen LogP contribution in [0.25, 0.3) is 0 Å². The third-order valence-electron chi connectivity index (χ3n) is 2.27. The van der Waals surface area contributed by atoms with Gasteiger partial charge in [0.05, 0.1) is 24.6 Å². The van der Waals surface area contributed by atoms with Gasteiger partial charge in [0.25, 0.3) is 0 Å². The second-order valence-electron chi connectivity index (χ2n) is 3.73. The molecule has 6 nitrogen and oxygen atoms in total. The number of hydrogen-bond donors (Lipinski definition) is 0. The quantitative estimate of drug-likeness (QED) is 0.455. The maximum absolute atomic E-state index is 11.1. The van der Waals surface area contributed by atoms with Crippen molar-refractivity contribution in [2.75, 3.05) is 13.2 Å². The van der Waals surface area contributed by atoms with Crippen molar-refractivity contribution in [3.63, 3.8) is 0 Å². The van der Waals surface area contributed by atoms with Gasteiger partial charge in [-0.25, -0.2) is 0 Å². The Balaban J connectivity index is 2.77. The molecular formula is C12H14BrNO5. The Hall–Kier alpha value is -1.63. The minimum absolute atomic E-state index is 0.0438. The van der Waals surface area contributed by atoms with Crippen molar-refractivity contribution in [3.05, 3.63) is 32.3 Å². The third kappa shape index (κ3) is 4.51. The third-order valence-corrected chi connectivity index (χ3v) is 2.73. The predicted molar refractivity (Wildman–Crippen MR) is 72.3 cm³/mol. The summed E-state index contributed by atoms with van der Waals surface area (Å²) in [6.45, 7) is 3.76.